The Kier molecular flexibility index (Phi) is 3.39. The minimum Gasteiger partial charge on any atom is -0.508 e. The largest absolute Gasteiger partial charge is 0.508 e. The fourth-order valence-corrected chi connectivity index (χ4v) is 2.94. The number of phenols is 1. The van der Waals surface area contributed by atoms with Crippen LogP contribution in [0.5, 0.6) is 17.2 Å². The molecular formula is C19H14O6. The monoisotopic (exact) mass is 338 g/mol. The highest BCUT2D eigenvalue weighted by Crippen LogP contribution is 2.42. The van der Waals surface area contributed by atoms with Crippen LogP contribution in [0.4, 0.5) is 0 Å². The van der Waals surface area contributed by atoms with Crippen molar-refractivity contribution in [1.29, 1.82) is 0 Å². The predicted octanol–water partition coefficient (Wildman–Crippen LogP) is 3.93. The molecule has 2 aromatic carbocycles. The predicted molar refractivity (Wildman–Crippen MR) is 92.5 cm³/mol. The maximum atomic E-state index is 12.8. The number of rotatable bonds is 3. The van der Waals surface area contributed by atoms with Gasteiger partial charge in [-0.2, -0.15) is 0 Å². The Bertz CT molecular complexity index is 1130. The van der Waals surface area contributed by atoms with Gasteiger partial charge in [-0.3, -0.25) is 4.79 Å². The van der Waals surface area contributed by atoms with E-state index in [0.717, 1.165) is 0 Å². The van der Waals surface area contributed by atoms with Crippen molar-refractivity contribution in [3.8, 4) is 28.6 Å². The molecule has 126 valence electrons. The summed E-state index contributed by atoms with van der Waals surface area (Å²) in [6.07, 6.45) is 1.50. The van der Waals surface area contributed by atoms with E-state index in [9.17, 15) is 9.90 Å². The SMILES string of the molecule is COc1c2occc2c(OC)c2c(=O)cc(-c3ccc(O)cc3)oc12. The highest BCUT2D eigenvalue weighted by Gasteiger charge is 2.23. The fourth-order valence-electron chi connectivity index (χ4n) is 2.94. The van der Waals surface area contributed by atoms with E-state index in [0.29, 0.717) is 33.8 Å². The van der Waals surface area contributed by atoms with Gasteiger partial charge >= 0.3 is 0 Å². The third-order valence-electron chi connectivity index (χ3n) is 4.06. The molecule has 4 aromatic rings. The zero-order valence-electron chi connectivity index (χ0n) is 13.5. The van der Waals surface area contributed by atoms with Gasteiger partial charge in [-0.25, -0.2) is 0 Å². The lowest BCUT2D eigenvalue weighted by atomic mass is 10.1. The second-order valence-corrected chi connectivity index (χ2v) is 5.46. The molecule has 4 rings (SSSR count). The van der Waals surface area contributed by atoms with Gasteiger partial charge < -0.3 is 23.4 Å². The summed E-state index contributed by atoms with van der Waals surface area (Å²) in [6, 6.07) is 9.47. The lowest BCUT2D eigenvalue weighted by Crippen LogP contribution is -2.04. The normalized spacial score (nSPS) is 11.1. The molecule has 0 spiro atoms. The molecule has 0 aliphatic heterocycles. The number of hydrogen-bond acceptors (Lipinski definition) is 6. The first-order valence-electron chi connectivity index (χ1n) is 7.52. The summed E-state index contributed by atoms with van der Waals surface area (Å²) in [4.78, 5) is 12.8. The molecule has 0 aliphatic carbocycles. The Balaban J connectivity index is 2.13. The Morgan fingerprint density at radius 3 is 2.36 bits per heavy atom. The lowest BCUT2D eigenvalue weighted by molar-refractivity contribution is 0.401. The number of ether oxygens (including phenoxy) is 2. The molecule has 1 N–H and O–H groups in total. The van der Waals surface area contributed by atoms with E-state index >= 15 is 0 Å². The quantitative estimate of drug-likeness (QED) is 0.609. The van der Waals surface area contributed by atoms with Crippen molar-refractivity contribution in [2.24, 2.45) is 0 Å². The molecule has 0 amide bonds. The van der Waals surface area contributed by atoms with Crippen LogP contribution in [0.3, 0.4) is 0 Å². The lowest BCUT2D eigenvalue weighted by Gasteiger charge is -2.11. The van der Waals surface area contributed by atoms with Crippen molar-refractivity contribution in [3.05, 3.63) is 52.9 Å². The van der Waals surface area contributed by atoms with E-state index in [2.05, 4.69) is 0 Å². The number of methoxy groups -OCH3 is 2. The van der Waals surface area contributed by atoms with Crippen LogP contribution < -0.4 is 14.9 Å². The summed E-state index contributed by atoms with van der Waals surface area (Å²) < 4.78 is 22.3. The molecule has 0 unspecified atom stereocenters. The van der Waals surface area contributed by atoms with Crippen molar-refractivity contribution in [2.75, 3.05) is 14.2 Å². The second kappa shape index (κ2) is 5.59. The molecule has 6 nitrogen and oxygen atoms in total. The van der Waals surface area contributed by atoms with Crippen LogP contribution in [-0.2, 0) is 0 Å². The first-order chi connectivity index (χ1) is 12.1. The molecular weight excluding hydrogens is 324 g/mol. The van der Waals surface area contributed by atoms with Crippen molar-refractivity contribution < 1.29 is 23.4 Å². The summed E-state index contributed by atoms with van der Waals surface area (Å²) in [6.45, 7) is 0. The number of phenolic OH excluding ortho intramolecular Hbond substituents is 1. The molecule has 25 heavy (non-hydrogen) atoms. The highest BCUT2D eigenvalue weighted by atomic mass is 16.5. The summed E-state index contributed by atoms with van der Waals surface area (Å²) in [5, 5.41) is 10.4. The van der Waals surface area contributed by atoms with Crippen molar-refractivity contribution in [1.82, 2.24) is 0 Å². The maximum absolute atomic E-state index is 12.8. The van der Waals surface area contributed by atoms with Gasteiger partial charge in [0.2, 0.25) is 5.75 Å². The Morgan fingerprint density at radius 1 is 0.960 bits per heavy atom. The maximum Gasteiger partial charge on any atom is 0.206 e. The van der Waals surface area contributed by atoms with E-state index in [-0.39, 0.29) is 22.1 Å². The minimum absolute atomic E-state index is 0.128. The molecule has 2 heterocycles. The Morgan fingerprint density at radius 2 is 1.68 bits per heavy atom. The van der Waals surface area contributed by atoms with E-state index in [1.807, 2.05) is 0 Å². The molecule has 0 atom stereocenters. The third-order valence-corrected chi connectivity index (χ3v) is 4.06. The van der Waals surface area contributed by atoms with E-state index < -0.39 is 0 Å². The number of benzene rings is 2. The fraction of sp³-hybridized carbons (Fsp3) is 0.105. The molecule has 0 saturated heterocycles. The van der Waals surface area contributed by atoms with Crippen LogP contribution >= 0.6 is 0 Å². The zero-order chi connectivity index (χ0) is 17.6. The van der Waals surface area contributed by atoms with Gasteiger partial charge in [0.15, 0.2) is 16.6 Å². The standard InChI is InChI=1S/C19H14O6/c1-22-16-12-7-8-24-17(12)19(23-2)18-15(16)13(21)9-14(25-18)10-3-5-11(20)6-4-10/h3-9,20H,1-2H3. The van der Waals surface area contributed by atoms with E-state index in [1.54, 1.807) is 18.2 Å². The van der Waals surface area contributed by atoms with Gasteiger partial charge in [0.25, 0.3) is 0 Å². The van der Waals surface area contributed by atoms with Crippen LogP contribution in [0, 0.1) is 0 Å². The molecule has 0 fully saturated rings. The van der Waals surface area contributed by atoms with Crippen LogP contribution in [0.15, 0.2) is 56.3 Å². The van der Waals surface area contributed by atoms with E-state index in [4.69, 9.17) is 18.3 Å². The van der Waals surface area contributed by atoms with Gasteiger partial charge in [-0.15, -0.1) is 0 Å². The van der Waals surface area contributed by atoms with Crippen LogP contribution in [0.2, 0.25) is 0 Å². The summed E-state index contributed by atoms with van der Waals surface area (Å²) in [5.41, 5.74) is 1.08. The number of aromatic hydroxyl groups is 1. The van der Waals surface area contributed by atoms with Crippen LogP contribution in [0.1, 0.15) is 0 Å². The second-order valence-electron chi connectivity index (χ2n) is 5.46. The number of hydrogen-bond donors (Lipinski definition) is 1. The van der Waals surface area contributed by atoms with E-state index in [1.165, 1.54) is 38.7 Å². The topological polar surface area (TPSA) is 82.0 Å². The molecule has 6 heteroatoms. The average Bonchev–Trinajstić information content (AvgIpc) is 3.09. The van der Waals surface area contributed by atoms with Gasteiger partial charge in [-0.1, -0.05) is 0 Å². The molecule has 0 aliphatic rings. The van der Waals surface area contributed by atoms with Crippen LogP contribution in [0.25, 0.3) is 33.3 Å². The summed E-state index contributed by atoms with van der Waals surface area (Å²) in [5.74, 6) is 1.19. The van der Waals surface area contributed by atoms with Gasteiger partial charge in [-0.05, 0) is 30.3 Å². The smallest absolute Gasteiger partial charge is 0.206 e. The molecule has 0 bridgehead atoms. The third kappa shape index (κ3) is 2.22. The van der Waals surface area contributed by atoms with Gasteiger partial charge in [0.1, 0.15) is 22.6 Å². The summed E-state index contributed by atoms with van der Waals surface area (Å²) >= 11 is 0. The van der Waals surface area contributed by atoms with Gasteiger partial charge in [0, 0.05) is 11.6 Å². The minimum atomic E-state index is -0.262. The molecule has 2 aromatic heterocycles. The van der Waals surface area contributed by atoms with Gasteiger partial charge in [0.05, 0.1) is 25.9 Å². The average molecular weight is 338 g/mol. The zero-order valence-corrected chi connectivity index (χ0v) is 13.5. The first kappa shape index (κ1) is 15.1. The molecule has 0 saturated carbocycles. The summed E-state index contributed by atoms with van der Waals surface area (Å²) in [7, 11) is 2.97. The Labute approximate surface area is 141 Å². The number of fused-ring (bicyclic) bond motifs is 2. The van der Waals surface area contributed by atoms with Crippen molar-refractivity contribution in [3.63, 3.8) is 0 Å². The highest BCUT2D eigenvalue weighted by molar-refractivity contribution is 6.07. The van der Waals surface area contributed by atoms with Crippen molar-refractivity contribution >= 4 is 21.9 Å². The van der Waals surface area contributed by atoms with Crippen LogP contribution in [-0.4, -0.2) is 19.3 Å². The Hall–Kier alpha value is -3.41. The molecule has 0 radical (unpaired) electrons. The first-order valence-corrected chi connectivity index (χ1v) is 7.52. The van der Waals surface area contributed by atoms with Crippen molar-refractivity contribution in [2.45, 2.75) is 0 Å². The number of furan rings is 1.